The molecule has 2 N–H and O–H groups in total. The summed E-state index contributed by atoms with van der Waals surface area (Å²) in [6.45, 7) is 0. The second kappa shape index (κ2) is 9.58. The van der Waals surface area contributed by atoms with Crippen LogP contribution in [-0.4, -0.2) is 36.0 Å². The van der Waals surface area contributed by atoms with Crippen molar-refractivity contribution >= 4 is 43.0 Å². The summed E-state index contributed by atoms with van der Waals surface area (Å²) in [4.78, 5) is 12.5. The molecule has 0 fully saturated rings. The van der Waals surface area contributed by atoms with E-state index < -0.39 is 37.7 Å². The Balaban J connectivity index is 1.79. The van der Waals surface area contributed by atoms with Gasteiger partial charge in [0.1, 0.15) is 0 Å². The zero-order valence-corrected chi connectivity index (χ0v) is 20.0. The van der Waals surface area contributed by atoms with Gasteiger partial charge in [-0.2, -0.15) is 13.2 Å². The monoisotopic (exact) mass is 527 g/mol. The molecule has 0 heterocycles. The van der Waals surface area contributed by atoms with E-state index in [2.05, 4.69) is 10.0 Å². The van der Waals surface area contributed by atoms with Crippen LogP contribution in [0.5, 0.6) is 0 Å². The lowest BCUT2D eigenvalue weighted by Crippen LogP contribution is -2.27. The summed E-state index contributed by atoms with van der Waals surface area (Å²) < 4.78 is 90.6. The number of nitrogens with zero attached hydrogens (tertiary/aromatic N) is 1. The molecule has 3 aromatic rings. The molecule has 0 atom stereocenters. The van der Waals surface area contributed by atoms with Gasteiger partial charge in [-0.1, -0.05) is 18.2 Å². The minimum Gasteiger partial charge on any atom is -0.322 e. The normalized spacial score (nSPS) is 12.1. The van der Waals surface area contributed by atoms with Crippen LogP contribution in [0.1, 0.15) is 15.9 Å². The van der Waals surface area contributed by atoms with E-state index in [-0.39, 0.29) is 27.5 Å². The molecule has 0 radical (unpaired) electrons. The van der Waals surface area contributed by atoms with Gasteiger partial charge in [0.15, 0.2) is 0 Å². The zero-order chi connectivity index (χ0) is 26.0. The highest BCUT2D eigenvalue weighted by Gasteiger charge is 2.30. The molecule has 13 heteroatoms. The third-order valence-electron chi connectivity index (χ3n) is 4.85. The minimum atomic E-state index is -4.63. The number of halogens is 3. The van der Waals surface area contributed by atoms with E-state index in [1.165, 1.54) is 49.5 Å². The second-order valence-corrected chi connectivity index (χ2v) is 11.1. The molecular formula is C22H20F3N3O5S2. The number of anilines is 3. The van der Waals surface area contributed by atoms with Crippen molar-refractivity contribution in [3.63, 3.8) is 0 Å². The van der Waals surface area contributed by atoms with Gasteiger partial charge in [-0.05, 0) is 54.6 Å². The van der Waals surface area contributed by atoms with Crippen LogP contribution in [0.15, 0.2) is 77.7 Å². The molecule has 3 rings (SSSR count). The summed E-state index contributed by atoms with van der Waals surface area (Å²) in [6.07, 6.45) is -3.63. The molecule has 35 heavy (non-hydrogen) atoms. The van der Waals surface area contributed by atoms with Gasteiger partial charge in [0.05, 0.1) is 28.0 Å². The van der Waals surface area contributed by atoms with Crippen molar-refractivity contribution in [1.82, 2.24) is 0 Å². The first-order chi connectivity index (χ1) is 16.2. The first kappa shape index (κ1) is 26.0. The van der Waals surface area contributed by atoms with E-state index >= 15 is 0 Å². The van der Waals surface area contributed by atoms with Gasteiger partial charge in [0.25, 0.3) is 15.9 Å². The van der Waals surface area contributed by atoms with Crippen LogP contribution in [-0.2, 0) is 26.2 Å². The summed E-state index contributed by atoms with van der Waals surface area (Å²) in [5, 5.41) is 2.56. The number of amides is 1. The van der Waals surface area contributed by atoms with E-state index in [0.29, 0.717) is 6.07 Å². The zero-order valence-electron chi connectivity index (χ0n) is 18.4. The van der Waals surface area contributed by atoms with Crippen molar-refractivity contribution < 1.29 is 34.8 Å². The molecule has 0 bridgehead atoms. The second-order valence-electron chi connectivity index (χ2n) is 7.41. The number of sulfonamides is 2. The molecule has 186 valence electrons. The van der Waals surface area contributed by atoms with Crippen LogP contribution in [0, 0.1) is 0 Å². The Morgan fingerprint density at radius 1 is 0.857 bits per heavy atom. The predicted octanol–water partition coefficient (Wildman–Crippen LogP) is 4.15. The Bertz CT molecular complexity index is 1460. The quantitative estimate of drug-likeness (QED) is 0.479. The van der Waals surface area contributed by atoms with E-state index in [4.69, 9.17) is 0 Å². The third-order valence-corrected chi connectivity index (χ3v) is 7.44. The van der Waals surface area contributed by atoms with Crippen LogP contribution in [0.25, 0.3) is 0 Å². The standard InChI is InChI=1S/C22H20F3N3O5S2/c1-28(34(2,30)31)20-9-4-3-8-19(20)21(29)26-16-10-12-18(13-11-16)35(32,33)27-17-7-5-6-15(14-17)22(23,24)25/h3-14,27H,1-2H3,(H,26,29). The van der Waals surface area contributed by atoms with Gasteiger partial charge in [0, 0.05) is 18.4 Å². The fraction of sp³-hybridized carbons (Fsp3) is 0.136. The highest BCUT2D eigenvalue weighted by atomic mass is 32.2. The number of hydrogen-bond donors (Lipinski definition) is 2. The van der Waals surface area contributed by atoms with Crippen LogP contribution >= 0.6 is 0 Å². The van der Waals surface area contributed by atoms with Crippen molar-refractivity contribution in [2.75, 3.05) is 27.6 Å². The summed E-state index contributed by atoms with van der Waals surface area (Å²) in [5.74, 6) is -0.631. The molecule has 0 aliphatic carbocycles. The summed E-state index contributed by atoms with van der Waals surface area (Å²) in [7, 11) is -6.53. The average molecular weight is 528 g/mol. The highest BCUT2D eigenvalue weighted by Crippen LogP contribution is 2.31. The molecule has 0 aliphatic heterocycles. The lowest BCUT2D eigenvalue weighted by Gasteiger charge is -2.19. The first-order valence-electron chi connectivity index (χ1n) is 9.83. The van der Waals surface area contributed by atoms with Gasteiger partial charge in [0.2, 0.25) is 10.0 Å². The van der Waals surface area contributed by atoms with Gasteiger partial charge in [-0.25, -0.2) is 16.8 Å². The summed E-state index contributed by atoms with van der Waals surface area (Å²) in [6, 6.07) is 14.7. The Morgan fingerprint density at radius 2 is 1.49 bits per heavy atom. The number of rotatable bonds is 7. The fourth-order valence-electron chi connectivity index (χ4n) is 3.01. The molecule has 8 nitrogen and oxygen atoms in total. The number of nitrogens with one attached hydrogen (secondary N) is 2. The maximum Gasteiger partial charge on any atom is 0.416 e. The SMILES string of the molecule is CN(c1ccccc1C(=O)Nc1ccc(S(=O)(=O)Nc2cccc(C(F)(F)F)c2)cc1)S(C)(=O)=O. The average Bonchev–Trinajstić information content (AvgIpc) is 2.77. The molecule has 0 unspecified atom stereocenters. The minimum absolute atomic E-state index is 0.0725. The fourth-order valence-corrected chi connectivity index (χ4v) is 4.57. The van der Waals surface area contributed by atoms with Gasteiger partial charge in [-0.15, -0.1) is 0 Å². The predicted molar refractivity (Wildman–Crippen MR) is 126 cm³/mol. The lowest BCUT2D eigenvalue weighted by atomic mass is 10.1. The van der Waals surface area contributed by atoms with Crippen molar-refractivity contribution in [3.05, 3.63) is 83.9 Å². The Labute approximate surface area is 200 Å². The Morgan fingerprint density at radius 3 is 2.09 bits per heavy atom. The van der Waals surface area contributed by atoms with E-state index in [1.54, 1.807) is 12.1 Å². The van der Waals surface area contributed by atoms with Gasteiger partial charge < -0.3 is 5.32 Å². The first-order valence-corrected chi connectivity index (χ1v) is 13.2. The molecule has 0 saturated carbocycles. The number of benzene rings is 3. The number of alkyl halides is 3. The van der Waals surface area contributed by atoms with E-state index in [9.17, 15) is 34.8 Å². The molecular weight excluding hydrogens is 507 g/mol. The molecule has 0 spiro atoms. The smallest absolute Gasteiger partial charge is 0.322 e. The molecule has 1 amide bonds. The number of hydrogen-bond acceptors (Lipinski definition) is 5. The Kier molecular flexibility index (Phi) is 7.13. The van der Waals surface area contributed by atoms with Crippen LogP contribution in [0.4, 0.5) is 30.2 Å². The largest absolute Gasteiger partial charge is 0.416 e. The molecule has 0 aliphatic rings. The third kappa shape index (κ3) is 6.31. The van der Waals surface area contributed by atoms with Crippen LogP contribution in [0.3, 0.4) is 0 Å². The molecule has 0 aromatic heterocycles. The highest BCUT2D eigenvalue weighted by molar-refractivity contribution is 7.92. The summed E-state index contributed by atoms with van der Waals surface area (Å²) >= 11 is 0. The van der Waals surface area contributed by atoms with Crippen LogP contribution in [0.2, 0.25) is 0 Å². The van der Waals surface area contributed by atoms with Crippen molar-refractivity contribution in [2.45, 2.75) is 11.1 Å². The van der Waals surface area contributed by atoms with Crippen LogP contribution < -0.4 is 14.3 Å². The van der Waals surface area contributed by atoms with Crippen molar-refractivity contribution in [3.8, 4) is 0 Å². The number of para-hydroxylation sites is 1. The van der Waals surface area contributed by atoms with Crippen molar-refractivity contribution in [1.29, 1.82) is 0 Å². The van der Waals surface area contributed by atoms with Gasteiger partial charge in [-0.3, -0.25) is 13.8 Å². The summed E-state index contributed by atoms with van der Waals surface area (Å²) in [5.41, 5.74) is -0.827. The maximum atomic E-state index is 12.9. The van der Waals surface area contributed by atoms with E-state index in [1.807, 2.05) is 0 Å². The van der Waals surface area contributed by atoms with Crippen molar-refractivity contribution in [2.24, 2.45) is 0 Å². The molecule has 0 saturated heterocycles. The number of carbonyl (C=O) groups is 1. The maximum absolute atomic E-state index is 12.9. The topological polar surface area (TPSA) is 113 Å². The lowest BCUT2D eigenvalue weighted by molar-refractivity contribution is -0.137. The number of carbonyl (C=O) groups excluding carboxylic acids is 1. The Hall–Kier alpha value is -3.58. The molecule has 3 aromatic carbocycles. The van der Waals surface area contributed by atoms with E-state index in [0.717, 1.165) is 22.7 Å². The van der Waals surface area contributed by atoms with Gasteiger partial charge >= 0.3 is 6.18 Å².